The number of carbonyl (C=O) groups is 1. The first-order valence-corrected chi connectivity index (χ1v) is 16.3. The van der Waals surface area contributed by atoms with Gasteiger partial charge < -0.3 is 20.3 Å². The molecule has 0 unspecified atom stereocenters. The van der Waals surface area contributed by atoms with Gasteiger partial charge in [0.2, 0.25) is 16.0 Å². The number of likely N-dealkylation sites (tertiary alicyclic amines) is 1. The average Bonchev–Trinajstić information content (AvgIpc) is 2.94. The molecule has 13 heteroatoms. The van der Waals surface area contributed by atoms with E-state index in [9.17, 15) is 13.2 Å². The third-order valence-electron chi connectivity index (χ3n) is 8.28. The number of hydrogen-bond donors (Lipinski definition) is 2. The lowest BCUT2D eigenvalue weighted by Gasteiger charge is -2.36. The number of nitrogens with one attached hydrogen (secondary N) is 2. The summed E-state index contributed by atoms with van der Waals surface area (Å²) in [6.07, 6.45) is 8.39. The van der Waals surface area contributed by atoms with Gasteiger partial charge in [-0.25, -0.2) is 27.1 Å². The van der Waals surface area contributed by atoms with Crippen molar-refractivity contribution in [1.82, 2.24) is 24.5 Å². The minimum absolute atomic E-state index is 0.00429. The van der Waals surface area contributed by atoms with Crippen LogP contribution in [0.3, 0.4) is 0 Å². The molecule has 1 saturated carbocycles. The smallest absolute Gasteiger partial charge is 0.254 e. The van der Waals surface area contributed by atoms with Gasteiger partial charge in [0.25, 0.3) is 5.91 Å². The van der Waals surface area contributed by atoms with Crippen molar-refractivity contribution in [2.24, 2.45) is 5.92 Å². The maximum atomic E-state index is 15.2. The molecule has 4 rings (SSSR count). The highest BCUT2D eigenvalue weighted by Crippen LogP contribution is 2.34. The molecule has 1 aliphatic carbocycles. The van der Waals surface area contributed by atoms with E-state index in [0.29, 0.717) is 17.1 Å². The summed E-state index contributed by atoms with van der Waals surface area (Å²) in [6, 6.07) is 2.42. The fraction of sp³-hybridized carbons (Fsp3) is 0.607. The summed E-state index contributed by atoms with van der Waals surface area (Å²) in [5.41, 5.74) is 0.743. The molecule has 0 spiro atoms. The van der Waals surface area contributed by atoms with E-state index < -0.39 is 21.7 Å². The van der Waals surface area contributed by atoms with E-state index in [2.05, 4.69) is 32.4 Å². The van der Waals surface area contributed by atoms with Crippen LogP contribution in [0.4, 0.5) is 16.0 Å². The van der Waals surface area contributed by atoms with Gasteiger partial charge in [0.1, 0.15) is 11.6 Å². The van der Waals surface area contributed by atoms with Crippen LogP contribution in [-0.2, 0) is 16.4 Å². The number of halogens is 2. The number of nitrogens with zero attached hydrogens (tertiary/aromatic N) is 4. The van der Waals surface area contributed by atoms with Crippen LogP contribution in [0.25, 0.3) is 0 Å². The highest BCUT2D eigenvalue weighted by atomic mass is 35.5. The molecule has 0 radical (unpaired) electrons. The Labute approximate surface area is 247 Å². The molecule has 226 valence electrons. The molecule has 41 heavy (non-hydrogen) atoms. The number of ether oxygens (including phenoxy) is 1. The van der Waals surface area contributed by atoms with Crippen molar-refractivity contribution in [2.45, 2.75) is 64.0 Å². The Morgan fingerprint density at radius 3 is 2.59 bits per heavy atom. The summed E-state index contributed by atoms with van der Waals surface area (Å²) >= 11 is 6.45. The van der Waals surface area contributed by atoms with Crippen molar-refractivity contribution in [1.29, 1.82) is 0 Å². The van der Waals surface area contributed by atoms with E-state index in [1.165, 1.54) is 36.0 Å². The number of benzene rings is 1. The number of aromatic nitrogens is 2. The molecule has 2 aliphatic rings. The first-order valence-electron chi connectivity index (χ1n) is 14.1. The van der Waals surface area contributed by atoms with Crippen LogP contribution in [-0.4, -0.2) is 85.6 Å². The zero-order valence-corrected chi connectivity index (χ0v) is 25.7. The molecular weight excluding hydrogens is 571 g/mol. The van der Waals surface area contributed by atoms with E-state index in [1.807, 2.05) is 0 Å². The number of rotatable bonds is 10. The Balaban J connectivity index is 1.49. The molecular formula is C28H40ClFN6O4S. The van der Waals surface area contributed by atoms with Crippen molar-refractivity contribution >= 4 is 39.2 Å². The Bertz CT molecular complexity index is 1340. The molecule has 2 aromatic rings. The highest BCUT2D eigenvalue weighted by Gasteiger charge is 2.33. The first kappa shape index (κ1) is 31.4. The molecule has 1 amide bonds. The molecule has 2 fully saturated rings. The Hall–Kier alpha value is -2.54. The van der Waals surface area contributed by atoms with Crippen molar-refractivity contribution in [3.8, 4) is 5.75 Å². The highest BCUT2D eigenvalue weighted by molar-refractivity contribution is 7.88. The lowest BCUT2D eigenvalue weighted by Crippen LogP contribution is -2.44. The van der Waals surface area contributed by atoms with E-state index in [4.69, 9.17) is 16.3 Å². The van der Waals surface area contributed by atoms with Gasteiger partial charge in [0.05, 0.1) is 41.5 Å². The summed E-state index contributed by atoms with van der Waals surface area (Å²) in [5, 5.41) is 6.32. The largest absolute Gasteiger partial charge is 0.495 e. The topological polar surface area (TPSA) is 117 Å². The van der Waals surface area contributed by atoms with Crippen LogP contribution in [0, 0.1) is 11.7 Å². The fourth-order valence-electron chi connectivity index (χ4n) is 5.78. The Kier molecular flexibility index (Phi) is 10.4. The van der Waals surface area contributed by atoms with Crippen LogP contribution in [0.1, 0.15) is 61.5 Å². The molecule has 2 atom stereocenters. The van der Waals surface area contributed by atoms with Gasteiger partial charge in [-0.1, -0.05) is 31.4 Å². The number of piperidine rings is 1. The molecule has 2 heterocycles. The average molecular weight is 611 g/mol. The van der Waals surface area contributed by atoms with Gasteiger partial charge in [-0.15, -0.1) is 0 Å². The van der Waals surface area contributed by atoms with Crippen molar-refractivity contribution < 1.29 is 22.3 Å². The fourth-order valence-corrected chi connectivity index (χ4v) is 6.71. The number of amides is 1. The monoisotopic (exact) mass is 610 g/mol. The Morgan fingerprint density at radius 2 is 1.93 bits per heavy atom. The van der Waals surface area contributed by atoms with Gasteiger partial charge >= 0.3 is 0 Å². The number of anilines is 2. The molecule has 1 saturated heterocycles. The molecule has 0 bridgehead atoms. The number of hydrogen-bond acceptors (Lipinski definition) is 8. The van der Waals surface area contributed by atoms with Crippen LogP contribution in [0.2, 0.25) is 5.02 Å². The third kappa shape index (κ3) is 7.85. The van der Waals surface area contributed by atoms with Crippen LogP contribution >= 0.6 is 11.6 Å². The van der Waals surface area contributed by atoms with E-state index in [-0.39, 0.29) is 41.0 Å². The zero-order valence-electron chi connectivity index (χ0n) is 24.1. The number of methoxy groups -OCH3 is 1. The van der Waals surface area contributed by atoms with E-state index >= 15 is 4.39 Å². The lowest BCUT2D eigenvalue weighted by atomic mass is 9.81. The summed E-state index contributed by atoms with van der Waals surface area (Å²) in [7, 11) is -0.286. The van der Waals surface area contributed by atoms with Crippen molar-refractivity contribution in [2.75, 3.05) is 45.4 Å². The second kappa shape index (κ2) is 13.6. The van der Waals surface area contributed by atoms with Crippen LogP contribution < -0.4 is 15.4 Å². The maximum absolute atomic E-state index is 15.2. The predicted molar refractivity (Wildman–Crippen MR) is 158 cm³/mol. The predicted octanol–water partition coefficient (Wildman–Crippen LogP) is 4.23. The van der Waals surface area contributed by atoms with E-state index in [0.717, 1.165) is 58.2 Å². The summed E-state index contributed by atoms with van der Waals surface area (Å²) in [5.74, 6) is -0.679. The van der Waals surface area contributed by atoms with Gasteiger partial charge in [0, 0.05) is 38.3 Å². The summed E-state index contributed by atoms with van der Waals surface area (Å²) in [6.45, 7) is 4.88. The standard InChI is InChI=1S/C28H40ClFN6O4S/c1-5-36-12-10-19(11-13-36)32-27(37)20-15-26(40-3)24(16-22(20)30)34-28-31-17-21(29)23(33-28)14-18-8-6-7-9-25(18)35(2)41(4,38)39/h15-19,25H,5-14H2,1-4H3,(H,32,37)(H,31,33,34)/t18-,25+/m0/s1. The van der Waals surface area contributed by atoms with Crippen molar-refractivity contribution in [3.63, 3.8) is 0 Å². The van der Waals surface area contributed by atoms with Gasteiger partial charge in [0.15, 0.2) is 0 Å². The van der Waals surface area contributed by atoms with Crippen LogP contribution in [0.15, 0.2) is 18.3 Å². The SMILES string of the molecule is CCN1CCC(NC(=O)c2cc(OC)c(Nc3ncc(Cl)c(C[C@@H]4CCCC[C@H]4N(C)S(C)(=O)=O)n3)cc2F)CC1. The maximum Gasteiger partial charge on any atom is 0.254 e. The zero-order chi connectivity index (χ0) is 29.7. The molecule has 1 aliphatic heterocycles. The van der Waals surface area contributed by atoms with Gasteiger partial charge in [-0.2, -0.15) is 0 Å². The van der Waals surface area contributed by atoms with Crippen LogP contribution in [0.5, 0.6) is 5.75 Å². The molecule has 1 aromatic carbocycles. The molecule has 10 nitrogen and oxygen atoms in total. The lowest BCUT2D eigenvalue weighted by molar-refractivity contribution is 0.0908. The third-order valence-corrected chi connectivity index (χ3v) is 9.91. The minimum Gasteiger partial charge on any atom is -0.495 e. The quantitative estimate of drug-likeness (QED) is 0.411. The molecule has 2 N–H and O–H groups in total. The first-order chi connectivity index (χ1) is 19.5. The summed E-state index contributed by atoms with van der Waals surface area (Å²) < 4.78 is 46.5. The minimum atomic E-state index is -3.34. The van der Waals surface area contributed by atoms with Gasteiger partial charge in [-0.05, 0) is 50.6 Å². The molecule has 1 aromatic heterocycles. The second-order valence-corrected chi connectivity index (χ2v) is 13.4. The summed E-state index contributed by atoms with van der Waals surface area (Å²) in [4.78, 5) is 24.1. The second-order valence-electron chi connectivity index (χ2n) is 10.9. The van der Waals surface area contributed by atoms with E-state index in [1.54, 1.807) is 7.05 Å². The number of carbonyl (C=O) groups excluding carboxylic acids is 1. The normalized spacial score (nSPS) is 20.7. The Morgan fingerprint density at radius 1 is 1.22 bits per heavy atom. The van der Waals surface area contributed by atoms with Crippen molar-refractivity contribution in [3.05, 3.63) is 40.4 Å². The van der Waals surface area contributed by atoms with Gasteiger partial charge in [-0.3, -0.25) is 4.79 Å². The number of sulfonamides is 1.